The predicted octanol–water partition coefficient (Wildman–Crippen LogP) is 13.3. The van der Waals surface area contributed by atoms with Gasteiger partial charge < -0.3 is 89.5 Å². The molecule has 0 aliphatic carbocycles. The number of aryl methyl sites for hydroxylation is 1. The molecule has 4 aromatic carbocycles. The molecular formula is C99H149FN14O18S. The molecule has 0 saturated carbocycles. The molecule has 5 aromatic rings. The highest BCUT2D eigenvalue weighted by Gasteiger charge is 2.62. The van der Waals surface area contributed by atoms with Crippen LogP contribution in [0.4, 0.5) is 24.8 Å². The Balaban J connectivity index is 0.000000293. The zero-order valence-electron chi connectivity index (χ0n) is 81.8. The van der Waals surface area contributed by atoms with E-state index in [4.69, 9.17) is 70.8 Å². The van der Waals surface area contributed by atoms with Gasteiger partial charge in [-0.25, -0.2) is 9.59 Å². The lowest BCUT2D eigenvalue weighted by Crippen LogP contribution is -2.62. The largest absolute Gasteiger partial charge is 0.458 e. The topological polar surface area (TPSA) is 404 Å². The number of nitrogens with two attached hydrogens (primary N) is 2. The summed E-state index contributed by atoms with van der Waals surface area (Å²) in [6, 6.07) is 32.5. The van der Waals surface area contributed by atoms with Crippen LogP contribution < -0.4 is 22.1 Å². The number of hydrogen-bond donors (Lipinski definition) is 6. The number of nitrogens with one attached hydrogen (secondary N) is 2. The monoisotopic (exact) mass is 1870 g/mol. The van der Waals surface area contributed by atoms with Gasteiger partial charge in [0.25, 0.3) is 0 Å². The van der Waals surface area contributed by atoms with Crippen molar-refractivity contribution in [3.05, 3.63) is 143 Å². The number of methoxy groups -OCH3 is 2. The van der Waals surface area contributed by atoms with Crippen LogP contribution in [0.5, 0.6) is 0 Å². The van der Waals surface area contributed by atoms with Crippen molar-refractivity contribution in [3.63, 3.8) is 0 Å². The van der Waals surface area contributed by atoms with Crippen LogP contribution in [0.1, 0.15) is 178 Å². The standard InChI is InChI=1S/C49H73N7O9.C41H66N6O9.C8H7N.CH3FS/c1-11-40-49(7)43(56(47(60)65-49)23-16-15-22-55-29-38(52-53-55)35-20-17-21-36(50)26-35)37(25-34-18-13-12-14-19-34)51-28-30(2)27-48(6,61-10)44(32(4)41(57)33(5)45(59)63-40)64-46-42(58)39(54(8)9)24-31(3)62-46;1-11-32-41(7)35(47(39(51)56-41)20-16-15-19-44-45-42)30(22-29-17-13-12-14-18-29)43-24-25(2)23-40(6,52-10)36(27(4)33(48)28(5)37(50)54-32)55-38-34(49)31(46(8)9)21-26(3)53-38;1-2-7-4-3-5-8(9)6-7;1-3-2/h12-14,17-21,26,29-33,37,39-40,42-44,46,51,58H,11,15-16,22-25,27-28,50H2,1-10H3;12-14,17-18,25-28,30-32,34-36,38,43,49H,11,15-16,19-24H2,1-10H3;1,3-6H,9H2;1H3/t30-,31?,32+,33-,37-,39?,40-,42?,43-,44-,46+,48-,49-;25-,26?,27+,28-,30-,31?,32-,34?,35-,36-,38+,40-,41-;;/m11../s1. The van der Waals surface area contributed by atoms with Crippen molar-refractivity contribution in [2.24, 2.45) is 40.6 Å². The number of ketones is 2. The lowest BCUT2D eigenvalue weighted by atomic mass is 9.78. The first-order valence-electron chi connectivity index (χ1n) is 46.8. The van der Waals surface area contributed by atoms with E-state index < -0.39 is 143 Å². The smallest absolute Gasteiger partial charge is 0.410 e. The molecule has 34 heteroatoms. The molecule has 0 bridgehead atoms. The molecule has 1 aromatic heterocycles. The molecule has 6 fully saturated rings. The maximum absolute atomic E-state index is 14.6. The highest BCUT2D eigenvalue weighted by Crippen LogP contribution is 2.45. The molecule has 736 valence electrons. The number of likely N-dealkylation sites (N-methyl/N-ethyl adjacent to an activating group) is 2. The Morgan fingerprint density at radius 3 is 1.42 bits per heavy atom. The summed E-state index contributed by atoms with van der Waals surface area (Å²) in [6.07, 6.45) is 5.43. The molecule has 6 aliphatic heterocycles. The highest BCUT2D eigenvalue weighted by molar-refractivity contribution is 7.93. The van der Waals surface area contributed by atoms with Gasteiger partial charge in [0.1, 0.15) is 41.9 Å². The number of unbranched alkanes of at least 4 members (excludes halogenated alkanes) is 2. The number of esters is 2. The molecule has 6 unspecified atom stereocenters. The Morgan fingerprint density at radius 2 is 1.04 bits per heavy atom. The number of hydrogen-bond acceptors (Lipinski definition) is 28. The molecule has 7 heterocycles. The first-order valence-corrected chi connectivity index (χ1v) is 47.9. The number of carbonyl (C=O) groups excluding carboxylic acids is 6. The molecule has 2 amide bonds. The molecule has 0 spiro atoms. The van der Waals surface area contributed by atoms with Gasteiger partial charge in [0.05, 0.1) is 53.9 Å². The molecule has 6 saturated heterocycles. The van der Waals surface area contributed by atoms with E-state index in [0.29, 0.717) is 128 Å². The first kappa shape index (κ1) is 109. The van der Waals surface area contributed by atoms with Gasteiger partial charge in [-0.05, 0) is 233 Å². The number of aromatic nitrogens is 3. The summed E-state index contributed by atoms with van der Waals surface area (Å²) in [6.45, 7) is 28.4. The predicted molar refractivity (Wildman–Crippen MR) is 510 cm³/mol. The zero-order chi connectivity index (χ0) is 98.0. The number of nitrogen functional groups attached to an aromatic ring is 2. The van der Waals surface area contributed by atoms with Crippen molar-refractivity contribution in [3.8, 4) is 23.6 Å². The molecule has 11 rings (SSSR count). The van der Waals surface area contributed by atoms with Gasteiger partial charge in [0, 0.05) is 122 Å². The Kier molecular flexibility index (Phi) is 41.8. The first-order chi connectivity index (χ1) is 63.1. The molecule has 32 nitrogen and oxygen atoms in total. The number of cyclic esters (lactones) is 2. The van der Waals surface area contributed by atoms with E-state index >= 15 is 0 Å². The van der Waals surface area contributed by atoms with Crippen LogP contribution in [-0.4, -0.2) is 282 Å². The van der Waals surface area contributed by atoms with Crippen molar-refractivity contribution < 1.29 is 90.2 Å². The third kappa shape index (κ3) is 28.4. The van der Waals surface area contributed by atoms with Crippen molar-refractivity contribution in [2.45, 2.75) is 301 Å². The van der Waals surface area contributed by atoms with Crippen molar-refractivity contribution >= 4 is 59.2 Å². The summed E-state index contributed by atoms with van der Waals surface area (Å²) in [5.74, 6) is -4.05. The fourth-order valence-electron chi connectivity index (χ4n) is 20.0. The zero-order valence-corrected chi connectivity index (χ0v) is 82.6. The summed E-state index contributed by atoms with van der Waals surface area (Å²) in [7, 11) is 10.8. The number of benzene rings is 4. The van der Waals surface area contributed by atoms with Crippen LogP contribution >= 0.6 is 12.1 Å². The highest BCUT2D eigenvalue weighted by atomic mass is 32.2. The number of rotatable bonds is 25. The fraction of sp³-hybridized carbons (Fsp3) is 0.657. The number of carbonyl (C=O) groups is 6. The van der Waals surface area contributed by atoms with Gasteiger partial charge in [-0.15, -0.1) is 11.5 Å². The summed E-state index contributed by atoms with van der Waals surface area (Å²) < 4.78 is 75.8. The summed E-state index contributed by atoms with van der Waals surface area (Å²) in [5.41, 5.74) is 21.4. The number of aliphatic hydroxyl groups is 2. The molecule has 6 aliphatic rings. The fourth-order valence-corrected chi connectivity index (χ4v) is 20.0. The second-order valence-electron chi connectivity index (χ2n) is 38.0. The number of nitrogens with zero attached hydrogens (tertiary/aromatic N) is 10. The lowest BCUT2D eigenvalue weighted by molar-refractivity contribution is -0.295. The minimum absolute atomic E-state index is 0.0544. The number of fused-ring (bicyclic) bond motifs is 2. The number of aliphatic hydroxyl groups excluding tert-OH is 2. The van der Waals surface area contributed by atoms with Gasteiger partial charge in [0.15, 0.2) is 35.3 Å². The van der Waals surface area contributed by atoms with Gasteiger partial charge in [0.2, 0.25) is 0 Å². The number of amides is 2. The number of halogens is 1. The summed E-state index contributed by atoms with van der Waals surface area (Å²) >= 11 is 0.250. The van der Waals surface area contributed by atoms with E-state index in [1.54, 1.807) is 61.6 Å². The minimum Gasteiger partial charge on any atom is -0.458 e. The van der Waals surface area contributed by atoms with Crippen molar-refractivity contribution in [1.82, 2.24) is 45.2 Å². The SMILES string of the molecule is C#Cc1cccc(N)c1.CC[C@H]1OC(=O)[C@H](C)C(=O)[C@H](C)[C@@H](O[C@@H]2OC(C)CC(N(C)C)C2O)[C@](C)(OC)C[C@@H](C)CN[C@H](Cc2ccccc2)[C@H]2N(CCCCN=[N+]=[N-])C(=O)O[C@]12C.CC[C@H]1OC(=O)[C@H](C)C(=O)[C@H](C)[C@@H](O[C@@H]2OC(C)CC(N(C)C)C2O)[C@](C)(OC)C[C@@H](C)CN[C@H](Cc2ccccc2)[C@H]2N(CCCCn3cc(-c4cccc(N)c4)nn3)C(=O)O[C@]12C.CSF. The molecule has 8 N–H and O–H groups in total. The molecule has 26 atom stereocenters. The molecule has 0 radical (unpaired) electrons. The third-order valence-electron chi connectivity index (χ3n) is 27.2. The quantitative estimate of drug-likeness (QED) is 0.00364. The van der Waals surface area contributed by atoms with Gasteiger partial charge in [-0.1, -0.05) is 137 Å². The van der Waals surface area contributed by atoms with Crippen LogP contribution in [0.25, 0.3) is 21.7 Å². The van der Waals surface area contributed by atoms with Crippen LogP contribution in [0.2, 0.25) is 0 Å². The van der Waals surface area contributed by atoms with E-state index in [1.807, 2.05) is 185 Å². The second-order valence-corrected chi connectivity index (χ2v) is 38.3. The maximum Gasteiger partial charge on any atom is 0.410 e. The molecular weight excluding hydrogens is 1720 g/mol. The van der Waals surface area contributed by atoms with Gasteiger partial charge >= 0.3 is 24.1 Å². The van der Waals surface area contributed by atoms with E-state index in [2.05, 4.69) is 62.9 Å². The van der Waals surface area contributed by atoms with E-state index in [1.165, 1.54) is 13.2 Å². The number of ether oxygens (including phenoxy) is 10. The molecule has 133 heavy (non-hydrogen) atoms. The van der Waals surface area contributed by atoms with E-state index in [9.17, 15) is 42.9 Å². The number of anilines is 2. The van der Waals surface area contributed by atoms with Crippen LogP contribution in [0.3, 0.4) is 0 Å². The van der Waals surface area contributed by atoms with E-state index in [0.717, 1.165) is 27.9 Å². The average Bonchev–Trinajstić information content (AvgIpc) is 1.60. The Morgan fingerprint density at radius 1 is 0.624 bits per heavy atom. The van der Waals surface area contributed by atoms with E-state index in [-0.39, 0.29) is 60.4 Å². The van der Waals surface area contributed by atoms with Crippen LogP contribution in [0.15, 0.2) is 121 Å². The summed E-state index contributed by atoms with van der Waals surface area (Å²) in [5, 5.41) is 43.1. The Bertz CT molecular complexity index is 4610. The van der Waals surface area contributed by atoms with Gasteiger partial charge in [-0.2, -0.15) is 3.89 Å². The number of Topliss-reactive ketones (excluding diaryl/α,β-unsaturated/α-hetero) is 2. The van der Waals surface area contributed by atoms with Crippen molar-refractivity contribution in [1.29, 1.82) is 0 Å². The minimum atomic E-state index is -1.30. The van der Waals surface area contributed by atoms with Gasteiger partial charge in [-0.3, -0.25) is 33.7 Å². The Hall–Kier alpha value is -8.89. The maximum atomic E-state index is 14.6. The number of azide groups is 1. The summed E-state index contributed by atoms with van der Waals surface area (Å²) in [4.78, 5) is 95.8. The second kappa shape index (κ2) is 50.8. The number of terminal acetylenes is 1. The van der Waals surface area contributed by atoms with Crippen LogP contribution in [-0.2, 0) is 85.9 Å². The average molecular weight is 1870 g/mol. The van der Waals surface area contributed by atoms with Crippen LogP contribution in [0, 0.1) is 47.9 Å². The Labute approximate surface area is 790 Å². The van der Waals surface area contributed by atoms with Crippen molar-refractivity contribution in [2.75, 3.05) is 92.9 Å². The third-order valence-corrected chi connectivity index (χ3v) is 27.2. The lowest BCUT2D eigenvalue weighted by Gasteiger charge is -2.46. The normalized spacial score (nSPS) is 33.2.